The van der Waals surface area contributed by atoms with Gasteiger partial charge in [-0.25, -0.2) is 0 Å². The van der Waals surface area contributed by atoms with Crippen LogP contribution in [0.1, 0.15) is 37.3 Å². The Balaban J connectivity index is 2.16. The predicted octanol–water partition coefficient (Wildman–Crippen LogP) is 4.52. The summed E-state index contributed by atoms with van der Waals surface area (Å²) in [5.74, 6) is 0.930. The molecule has 1 aliphatic carbocycles. The maximum Gasteiger partial charge on any atom is 0.0407 e. The van der Waals surface area contributed by atoms with Gasteiger partial charge in [0.1, 0.15) is 0 Å². The zero-order valence-corrected chi connectivity index (χ0v) is 12.5. The fourth-order valence-electron chi connectivity index (χ4n) is 2.51. The lowest BCUT2D eigenvalue weighted by Crippen LogP contribution is -2.33. The Labute approximate surface area is 113 Å². The molecule has 17 heavy (non-hydrogen) atoms. The molecule has 1 aromatic rings. The molecule has 1 aromatic carbocycles. The molecular weight excluding hydrogens is 274 g/mol. The molecule has 1 fully saturated rings. The lowest BCUT2D eigenvalue weighted by molar-refractivity contribution is 0.318. The largest absolute Gasteiger partial charge is 0.371 e. The number of hydrogen-bond acceptors (Lipinski definition) is 1. The molecule has 0 heterocycles. The van der Waals surface area contributed by atoms with Gasteiger partial charge in [0.2, 0.25) is 0 Å². The van der Waals surface area contributed by atoms with Gasteiger partial charge in [0, 0.05) is 24.1 Å². The first kappa shape index (κ1) is 12.9. The molecule has 1 aliphatic rings. The van der Waals surface area contributed by atoms with Crippen molar-refractivity contribution >= 4 is 21.6 Å². The van der Waals surface area contributed by atoms with Gasteiger partial charge in [-0.1, -0.05) is 40.0 Å². The second-order valence-corrected chi connectivity index (χ2v) is 5.66. The number of aryl methyl sites for hydroxylation is 1. The Hall–Kier alpha value is -0.500. The number of hydrogen-bond donors (Lipinski definition) is 0. The average molecular weight is 296 g/mol. The molecule has 0 saturated heterocycles. The van der Waals surface area contributed by atoms with Crippen LogP contribution in [-0.4, -0.2) is 13.1 Å². The topological polar surface area (TPSA) is 3.24 Å². The molecule has 0 unspecified atom stereocenters. The van der Waals surface area contributed by atoms with Crippen LogP contribution < -0.4 is 4.90 Å². The van der Waals surface area contributed by atoms with E-state index in [1.165, 1.54) is 42.6 Å². The van der Waals surface area contributed by atoms with Gasteiger partial charge in [0.15, 0.2) is 0 Å². The van der Waals surface area contributed by atoms with E-state index in [1.54, 1.807) is 0 Å². The van der Waals surface area contributed by atoms with E-state index >= 15 is 0 Å². The third kappa shape index (κ3) is 3.04. The summed E-state index contributed by atoms with van der Waals surface area (Å²) in [6.45, 7) is 6.77. The molecule has 0 amide bonds. The minimum Gasteiger partial charge on any atom is -0.371 e. The van der Waals surface area contributed by atoms with Gasteiger partial charge >= 0.3 is 0 Å². The molecule has 1 saturated carbocycles. The number of halogens is 1. The Morgan fingerprint density at radius 2 is 2.12 bits per heavy atom. The fourth-order valence-corrected chi connectivity index (χ4v) is 2.96. The van der Waals surface area contributed by atoms with Crippen molar-refractivity contribution < 1.29 is 0 Å². The van der Waals surface area contributed by atoms with Crippen molar-refractivity contribution in [3.8, 4) is 0 Å². The normalized spacial score (nSPS) is 15.7. The number of rotatable bonds is 5. The Kier molecular flexibility index (Phi) is 4.49. The van der Waals surface area contributed by atoms with Crippen LogP contribution in [0, 0.1) is 12.8 Å². The predicted molar refractivity (Wildman–Crippen MR) is 79.0 cm³/mol. The summed E-state index contributed by atoms with van der Waals surface area (Å²) in [6, 6.07) is 6.81. The first-order chi connectivity index (χ1) is 8.24. The fraction of sp³-hybridized carbons (Fsp3) is 0.600. The third-order valence-electron chi connectivity index (χ3n) is 3.80. The Morgan fingerprint density at radius 1 is 1.35 bits per heavy atom. The van der Waals surface area contributed by atoms with Crippen LogP contribution in [-0.2, 0) is 5.33 Å². The first-order valence-electron chi connectivity index (χ1n) is 6.65. The maximum atomic E-state index is 3.61. The van der Waals surface area contributed by atoms with E-state index in [2.05, 4.69) is 52.9 Å². The molecule has 2 rings (SSSR count). The minimum absolute atomic E-state index is 0.930. The molecule has 0 bridgehead atoms. The van der Waals surface area contributed by atoms with E-state index < -0.39 is 0 Å². The van der Waals surface area contributed by atoms with Crippen molar-refractivity contribution in [2.45, 2.75) is 38.4 Å². The molecule has 0 spiro atoms. The molecule has 0 aliphatic heterocycles. The molecule has 1 nitrogen and oxygen atoms in total. The summed E-state index contributed by atoms with van der Waals surface area (Å²) in [6.07, 6.45) is 4.28. The van der Waals surface area contributed by atoms with Crippen LogP contribution in [0.2, 0.25) is 0 Å². The van der Waals surface area contributed by atoms with Gasteiger partial charge in [-0.15, -0.1) is 0 Å². The SMILES string of the molecule is CCN(CC1CCC1)c1ccc(C)cc1CBr. The van der Waals surface area contributed by atoms with Crippen LogP contribution in [0.4, 0.5) is 5.69 Å². The maximum absolute atomic E-state index is 3.61. The van der Waals surface area contributed by atoms with Gasteiger partial charge in [0.25, 0.3) is 0 Å². The lowest BCUT2D eigenvalue weighted by Gasteiger charge is -2.34. The lowest BCUT2D eigenvalue weighted by atomic mass is 9.85. The van der Waals surface area contributed by atoms with Crippen molar-refractivity contribution in [3.63, 3.8) is 0 Å². The second kappa shape index (κ2) is 5.90. The highest BCUT2D eigenvalue weighted by atomic mass is 79.9. The van der Waals surface area contributed by atoms with Crippen LogP contribution >= 0.6 is 15.9 Å². The molecule has 0 atom stereocenters. The molecule has 0 aromatic heterocycles. The summed E-state index contributed by atoms with van der Waals surface area (Å²) in [5, 5.41) is 0.950. The zero-order valence-electron chi connectivity index (χ0n) is 10.9. The zero-order chi connectivity index (χ0) is 12.3. The summed E-state index contributed by atoms with van der Waals surface area (Å²) >= 11 is 3.61. The van der Waals surface area contributed by atoms with Crippen molar-refractivity contribution in [1.29, 1.82) is 0 Å². The van der Waals surface area contributed by atoms with Crippen molar-refractivity contribution in [2.75, 3.05) is 18.0 Å². The van der Waals surface area contributed by atoms with E-state index in [0.29, 0.717) is 0 Å². The summed E-state index contributed by atoms with van der Waals surface area (Å²) in [5.41, 5.74) is 4.19. The van der Waals surface area contributed by atoms with Gasteiger partial charge in [-0.2, -0.15) is 0 Å². The second-order valence-electron chi connectivity index (χ2n) is 5.10. The van der Waals surface area contributed by atoms with Gasteiger partial charge in [0.05, 0.1) is 0 Å². The van der Waals surface area contributed by atoms with E-state index in [4.69, 9.17) is 0 Å². The number of alkyl halides is 1. The van der Waals surface area contributed by atoms with Crippen molar-refractivity contribution in [2.24, 2.45) is 5.92 Å². The molecular formula is C15H22BrN. The van der Waals surface area contributed by atoms with Crippen LogP contribution in [0.5, 0.6) is 0 Å². The highest BCUT2D eigenvalue weighted by Crippen LogP contribution is 2.31. The summed E-state index contributed by atoms with van der Waals surface area (Å²) in [7, 11) is 0. The van der Waals surface area contributed by atoms with Crippen LogP contribution in [0.15, 0.2) is 18.2 Å². The van der Waals surface area contributed by atoms with Crippen LogP contribution in [0.25, 0.3) is 0 Å². The van der Waals surface area contributed by atoms with Crippen molar-refractivity contribution in [1.82, 2.24) is 0 Å². The molecule has 94 valence electrons. The van der Waals surface area contributed by atoms with Gasteiger partial charge in [-0.05, 0) is 44.2 Å². The number of anilines is 1. The Bertz CT molecular complexity index is 371. The molecule has 0 N–H and O–H groups in total. The van der Waals surface area contributed by atoms with Gasteiger partial charge < -0.3 is 4.90 Å². The average Bonchev–Trinajstić information content (AvgIpc) is 2.29. The monoisotopic (exact) mass is 295 g/mol. The summed E-state index contributed by atoms with van der Waals surface area (Å²) in [4.78, 5) is 2.54. The van der Waals surface area contributed by atoms with Crippen LogP contribution in [0.3, 0.4) is 0 Å². The number of nitrogens with zero attached hydrogens (tertiary/aromatic N) is 1. The van der Waals surface area contributed by atoms with E-state index in [1.807, 2.05) is 0 Å². The van der Waals surface area contributed by atoms with Crippen molar-refractivity contribution in [3.05, 3.63) is 29.3 Å². The first-order valence-corrected chi connectivity index (χ1v) is 7.77. The quantitative estimate of drug-likeness (QED) is 0.722. The Morgan fingerprint density at radius 3 is 2.65 bits per heavy atom. The molecule has 2 heteroatoms. The van der Waals surface area contributed by atoms with Gasteiger partial charge in [-0.3, -0.25) is 0 Å². The number of benzene rings is 1. The van der Waals surface area contributed by atoms with E-state index in [0.717, 1.165) is 17.8 Å². The third-order valence-corrected chi connectivity index (χ3v) is 4.41. The summed E-state index contributed by atoms with van der Waals surface area (Å²) < 4.78 is 0. The van der Waals surface area contributed by atoms with E-state index in [9.17, 15) is 0 Å². The standard InChI is InChI=1S/C15H22BrN/c1-3-17(11-13-5-4-6-13)15-8-7-12(2)9-14(15)10-16/h7-9,13H,3-6,10-11H2,1-2H3. The minimum atomic E-state index is 0.930. The van der Waals surface area contributed by atoms with E-state index in [-0.39, 0.29) is 0 Å². The molecule has 0 radical (unpaired) electrons. The smallest absolute Gasteiger partial charge is 0.0407 e. The highest BCUT2D eigenvalue weighted by Gasteiger charge is 2.21. The highest BCUT2D eigenvalue weighted by molar-refractivity contribution is 9.08.